The highest BCUT2D eigenvalue weighted by atomic mass is 16.5. The Bertz CT molecular complexity index is 2930. The Hall–Kier alpha value is -8.38. The highest BCUT2D eigenvalue weighted by Gasteiger charge is 2.45. The standard InChI is InChI=1S/C67H104N10O20/c1-15-39(8)58(47(96-13)35-51(81)76-32-22-25-46(76)60(97-14)40(9)61(89)68-41(10)59(88)42-23-18-16-19-24-42)75(12)67(95)56(37(4)5)73-65(93)57(38(6)7)74(11)66(94)45(34-54(86)87)71-64(92)55(36(2)3)72-62(90)43(27-30-52(82)83)70-63(91)44(33-53(84)85)69-48(78)26-20-17-21-31-77-49(79)28-29-50(77)80/h16,18-19,23-24,28-29,36-41,43-47,55-60,88H,15,17,20-22,25-27,30-35H2,1-14H3,(H,68,89)(H,69,78)(H,70,91)(H,71,92)(H,72,90)(H,73,93)(H,82,83)(H,84,85)(H,86,87)/t39-,40+,41+,43-,44-,45-,46-,47+,55-,56?,57-,58-,59+,60+/m0/s1. The number of amides is 11. The first-order chi connectivity index (χ1) is 45.5. The van der Waals surface area contributed by atoms with Crippen molar-refractivity contribution in [1.29, 1.82) is 0 Å². The minimum absolute atomic E-state index is 0.0968. The smallest absolute Gasteiger partial charge is 0.305 e. The number of ether oxygens (including phenoxy) is 2. The lowest BCUT2D eigenvalue weighted by molar-refractivity contribution is -0.150. The van der Waals surface area contributed by atoms with Crippen molar-refractivity contribution < 1.29 is 97.0 Å². The second-order valence-corrected chi connectivity index (χ2v) is 26.2. The Balaban J connectivity index is 1.81. The third-order valence-electron chi connectivity index (χ3n) is 17.9. The van der Waals surface area contributed by atoms with E-state index in [4.69, 9.17) is 9.47 Å². The Morgan fingerprint density at radius 2 is 1.16 bits per heavy atom. The molecule has 11 amide bonds. The summed E-state index contributed by atoms with van der Waals surface area (Å²) in [5, 5.41) is 55.3. The third-order valence-corrected chi connectivity index (χ3v) is 17.9. The van der Waals surface area contributed by atoms with Gasteiger partial charge in [-0.3, -0.25) is 72.0 Å². The number of hydrogen-bond donors (Lipinski definition) is 10. The number of unbranched alkanes of at least 4 members (excludes halogenated alkanes) is 2. The summed E-state index contributed by atoms with van der Waals surface area (Å²) in [6.45, 7) is 17.2. The van der Waals surface area contributed by atoms with E-state index >= 15 is 0 Å². The first kappa shape index (κ1) is 82.8. The molecule has 3 rings (SSSR count). The van der Waals surface area contributed by atoms with Gasteiger partial charge in [0, 0.05) is 66.4 Å². The molecule has 1 unspecified atom stereocenters. The van der Waals surface area contributed by atoms with Crippen LogP contribution in [0.4, 0.5) is 0 Å². The zero-order valence-corrected chi connectivity index (χ0v) is 58.4. The molecule has 97 heavy (non-hydrogen) atoms. The summed E-state index contributed by atoms with van der Waals surface area (Å²) in [5.74, 6) is -16.0. The lowest BCUT2D eigenvalue weighted by atomic mass is 9.89. The number of aliphatic carboxylic acids is 3. The number of aliphatic hydroxyl groups excluding tert-OH is 1. The number of carboxylic acid groups (broad SMARTS) is 3. The van der Waals surface area contributed by atoms with E-state index in [2.05, 4.69) is 31.9 Å². The molecule has 30 nitrogen and oxygen atoms in total. The number of benzene rings is 1. The average molecular weight is 1370 g/mol. The molecule has 0 aliphatic carbocycles. The fraction of sp³-hybridized carbons (Fsp3) is 0.672. The minimum atomic E-state index is -1.90. The number of rotatable bonds is 42. The van der Waals surface area contributed by atoms with Gasteiger partial charge in [-0.1, -0.05) is 105 Å². The van der Waals surface area contributed by atoms with Crippen LogP contribution in [0.25, 0.3) is 0 Å². The highest BCUT2D eigenvalue weighted by Crippen LogP contribution is 2.31. The fourth-order valence-electron chi connectivity index (χ4n) is 12.2. The van der Waals surface area contributed by atoms with Crippen LogP contribution in [-0.2, 0) is 76.6 Å². The SMILES string of the molecule is CC[C@H](C)[C@@H]([C@@H](CC(=O)N1CCC[C@H]1[C@H](OC)[C@@H](C)C(=O)N[C@H](C)[C@@H](O)c1ccccc1)OC)N(C)C(=O)C(NC(=O)[C@H](C(C)C)N(C)C(=O)[C@H](CC(=O)O)NC(=O)[C@@H](NC(=O)[C@H](CCC(=O)O)NC(=O)[C@H](CC(=O)O)NC(=O)CCCCCN1C(=O)C=CC1=O)C(C)C)C(C)C. The quantitative estimate of drug-likeness (QED) is 0.0329. The molecule has 10 N–H and O–H groups in total. The zero-order chi connectivity index (χ0) is 73.3. The molecular weight excluding hydrogens is 1260 g/mol. The Labute approximate surface area is 567 Å². The molecular formula is C67H104N10O20. The van der Waals surface area contributed by atoms with Gasteiger partial charge in [-0.15, -0.1) is 0 Å². The number of hydrogen-bond acceptors (Lipinski definition) is 17. The predicted molar refractivity (Wildman–Crippen MR) is 352 cm³/mol. The molecule has 1 fully saturated rings. The van der Waals surface area contributed by atoms with Gasteiger partial charge in [0.1, 0.15) is 36.3 Å². The van der Waals surface area contributed by atoms with Gasteiger partial charge < -0.3 is 76.5 Å². The van der Waals surface area contributed by atoms with Crippen LogP contribution in [0.15, 0.2) is 42.5 Å². The first-order valence-corrected chi connectivity index (χ1v) is 33.1. The van der Waals surface area contributed by atoms with Gasteiger partial charge in [0.25, 0.3) is 11.8 Å². The van der Waals surface area contributed by atoms with E-state index in [1.165, 1.54) is 40.0 Å². The first-order valence-electron chi connectivity index (χ1n) is 33.1. The summed E-state index contributed by atoms with van der Waals surface area (Å²) in [6.07, 6.45) is -1.45. The van der Waals surface area contributed by atoms with Crippen molar-refractivity contribution in [2.75, 3.05) is 41.4 Å². The molecule has 1 saturated heterocycles. The van der Waals surface area contributed by atoms with E-state index in [9.17, 15) is 87.5 Å². The van der Waals surface area contributed by atoms with Crippen LogP contribution in [-0.4, -0.2) is 231 Å². The zero-order valence-electron chi connectivity index (χ0n) is 58.4. The van der Waals surface area contributed by atoms with Gasteiger partial charge in [-0.05, 0) is 68.3 Å². The summed E-state index contributed by atoms with van der Waals surface area (Å²) < 4.78 is 12.0. The van der Waals surface area contributed by atoms with E-state index in [1.807, 2.05) is 19.9 Å². The third kappa shape index (κ3) is 24.6. The molecule has 0 aromatic heterocycles. The van der Waals surface area contributed by atoms with E-state index < -0.39 is 193 Å². The molecule has 542 valence electrons. The molecule has 2 aliphatic heterocycles. The summed E-state index contributed by atoms with van der Waals surface area (Å²) >= 11 is 0. The second kappa shape index (κ2) is 39.7. The summed E-state index contributed by atoms with van der Waals surface area (Å²) in [4.78, 5) is 192. The van der Waals surface area contributed by atoms with E-state index in [0.717, 1.165) is 22.0 Å². The lowest BCUT2D eigenvalue weighted by Gasteiger charge is -2.41. The highest BCUT2D eigenvalue weighted by molar-refractivity contribution is 6.12. The van der Waals surface area contributed by atoms with Crippen LogP contribution >= 0.6 is 0 Å². The van der Waals surface area contributed by atoms with Gasteiger partial charge in [-0.2, -0.15) is 0 Å². The molecule has 0 spiro atoms. The molecule has 2 aliphatic rings. The summed E-state index contributed by atoms with van der Waals surface area (Å²) in [7, 11) is 5.65. The van der Waals surface area contributed by atoms with Gasteiger partial charge in [0.15, 0.2) is 0 Å². The normalized spacial score (nSPS) is 17.9. The van der Waals surface area contributed by atoms with Crippen molar-refractivity contribution in [3.05, 3.63) is 48.0 Å². The molecule has 30 heteroatoms. The van der Waals surface area contributed by atoms with Crippen molar-refractivity contribution >= 4 is 82.9 Å². The maximum Gasteiger partial charge on any atom is 0.305 e. The van der Waals surface area contributed by atoms with E-state index in [-0.39, 0.29) is 43.5 Å². The number of carbonyl (C=O) groups excluding carboxylic acids is 11. The predicted octanol–water partition coefficient (Wildman–Crippen LogP) is 1.66. The molecule has 0 saturated carbocycles. The minimum Gasteiger partial charge on any atom is -0.481 e. The molecule has 0 radical (unpaired) electrons. The van der Waals surface area contributed by atoms with Crippen LogP contribution in [0.1, 0.15) is 158 Å². The number of carboxylic acids is 3. The van der Waals surface area contributed by atoms with Crippen molar-refractivity contribution in [2.45, 2.75) is 219 Å². The summed E-state index contributed by atoms with van der Waals surface area (Å²) in [6, 6.07) is -2.69. The molecule has 14 atom stereocenters. The van der Waals surface area contributed by atoms with Crippen molar-refractivity contribution in [3.8, 4) is 0 Å². The Morgan fingerprint density at radius 1 is 0.598 bits per heavy atom. The second-order valence-electron chi connectivity index (χ2n) is 26.2. The largest absolute Gasteiger partial charge is 0.481 e. The van der Waals surface area contributed by atoms with Crippen LogP contribution in [0, 0.1) is 29.6 Å². The maximum atomic E-state index is 14.9. The van der Waals surface area contributed by atoms with Crippen LogP contribution in [0.5, 0.6) is 0 Å². The topological polar surface area (TPSA) is 423 Å². The number of nitrogens with one attached hydrogen (secondary N) is 6. The summed E-state index contributed by atoms with van der Waals surface area (Å²) in [5.41, 5.74) is 0.634. The van der Waals surface area contributed by atoms with Gasteiger partial charge in [0.2, 0.25) is 53.2 Å². The van der Waals surface area contributed by atoms with Gasteiger partial charge in [-0.25, -0.2) is 0 Å². The maximum absolute atomic E-state index is 14.9. The number of methoxy groups -OCH3 is 2. The Morgan fingerprint density at radius 3 is 1.70 bits per heavy atom. The van der Waals surface area contributed by atoms with Gasteiger partial charge in [0.05, 0.1) is 61.6 Å². The lowest BCUT2D eigenvalue weighted by Crippen LogP contribution is -2.62. The molecule has 1 aromatic carbocycles. The van der Waals surface area contributed by atoms with Crippen molar-refractivity contribution in [2.24, 2.45) is 29.6 Å². The van der Waals surface area contributed by atoms with Crippen molar-refractivity contribution in [3.63, 3.8) is 0 Å². The van der Waals surface area contributed by atoms with Crippen LogP contribution in [0.2, 0.25) is 0 Å². The molecule has 0 bridgehead atoms. The molecule has 1 aromatic rings. The average Bonchev–Trinajstić information content (AvgIpc) is 1.74. The number of nitrogens with zero attached hydrogens (tertiary/aromatic N) is 4. The van der Waals surface area contributed by atoms with E-state index in [0.29, 0.717) is 44.2 Å². The van der Waals surface area contributed by atoms with Crippen LogP contribution in [0.3, 0.4) is 0 Å². The van der Waals surface area contributed by atoms with Crippen LogP contribution < -0.4 is 31.9 Å². The number of imide groups is 1. The van der Waals surface area contributed by atoms with Gasteiger partial charge >= 0.3 is 17.9 Å². The van der Waals surface area contributed by atoms with E-state index in [1.54, 1.807) is 77.8 Å². The molecule has 2 heterocycles. The number of carbonyl (C=O) groups is 14. The monoisotopic (exact) mass is 1370 g/mol. The van der Waals surface area contributed by atoms with Crippen molar-refractivity contribution in [1.82, 2.24) is 51.5 Å². The number of likely N-dealkylation sites (N-methyl/N-ethyl adjacent to an activating group) is 2. The number of likely N-dealkylation sites (tertiary alicyclic amines) is 1. The number of aliphatic hydroxyl groups is 1. The Kier molecular flexibility index (Phi) is 33.9. The fourth-order valence-corrected chi connectivity index (χ4v) is 12.2.